The van der Waals surface area contributed by atoms with Gasteiger partial charge in [0.05, 0.1) is 18.3 Å². The Balaban J connectivity index is 0.00000324. The average Bonchev–Trinajstić information content (AvgIpc) is 2.57. The predicted molar refractivity (Wildman–Crippen MR) is 79.2 cm³/mol. The third-order valence-electron chi connectivity index (χ3n) is 3.31. The number of hydrogen-bond acceptors (Lipinski definition) is 3. The van der Waals surface area contributed by atoms with E-state index in [9.17, 15) is 4.79 Å². The van der Waals surface area contributed by atoms with Crippen LogP contribution in [0.4, 0.5) is 0 Å². The first-order valence-electron chi connectivity index (χ1n) is 6.19. The van der Waals surface area contributed by atoms with Crippen molar-refractivity contribution in [3.05, 3.63) is 17.5 Å². The molecule has 0 aliphatic rings. The van der Waals surface area contributed by atoms with Crippen molar-refractivity contribution in [3.8, 4) is 0 Å². The van der Waals surface area contributed by atoms with E-state index in [0.717, 1.165) is 11.3 Å². The van der Waals surface area contributed by atoms with E-state index in [1.807, 2.05) is 41.7 Å². The quantitative estimate of drug-likeness (QED) is 0.889. The van der Waals surface area contributed by atoms with Gasteiger partial charge in [0.1, 0.15) is 0 Å². The molecule has 0 spiro atoms. The van der Waals surface area contributed by atoms with Gasteiger partial charge in [-0.3, -0.25) is 9.48 Å². The molecule has 2 atom stereocenters. The van der Waals surface area contributed by atoms with E-state index >= 15 is 0 Å². The molecule has 1 heterocycles. The van der Waals surface area contributed by atoms with Crippen LogP contribution in [-0.4, -0.2) is 21.7 Å². The minimum atomic E-state index is -0.517. The number of amides is 1. The zero-order chi connectivity index (χ0) is 14.1. The second-order valence-corrected chi connectivity index (χ2v) is 5.88. The lowest BCUT2D eigenvalue weighted by molar-refractivity contribution is -0.125. The van der Waals surface area contributed by atoms with Crippen molar-refractivity contribution in [2.45, 2.75) is 46.7 Å². The molecule has 0 fully saturated rings. The minimum absolute atomic E-state index is 0. The number of nitrogens with zero attached hydrogens (tertiary/aromatic N) is 2. The third kappa shape index (κ3) is 4.21. The minimum Gasteiger partial charge on any atom is -0.348 e. The van der Waals surface area contributed by atoms with Gasteiger partial charge in [-0.1, -0.05) is 20.8 Å². The van der Waals surface area contributed by atoms with Crippen LogP contribution in [0.15, 0.2) is 6.20 Å². The normalized spacial score (nSPS) is 14.5. The lowest BCUT2D eigenvalue weighted by Crippen LogP contribution is -2.49. The Morgan fingerprint density at radius 1 is 1.47 bits per heavy atom. The Morgan fingerprint density at radius 3 is 2.37 bits per heavy atom. The number of rotatable bonds is 3. The molecular formula is C13H25ClN4O. The zero-order valence-electron chi connectivity index (χ0n) is 12.5. The lowest BCUT2D eigenvalue weighted by atomic mass is 9.86. The number of nitrogens with one attached hydrogen (secondary N) is 1. The molecular weight excluding hydrogens is 264 g/mol. The summed E-state index contributed by atoms with van der Waals surface area (Å²) in [7, 11) is 1.88. The largest absolute Gasteiger partial charge is 0.348 e. The fourth-order valence-corrected chi connectivity index (χ4v) is 1.71. The summed E-state index contributed by atoms with van der Waals surface area (Å²) >= 11 is 0. The Kier molecular flexibility index (Phi) is 6.03. The van der Waals surface area contributed by atoms with Crippen LogP contribution in [0.25, 0.3) is 0 Å². The van der Waals surface area contributed by atoms with Gasteiger partial charge in [0, 0.05) is 18.3 Å². The highest BCUT2D eigenvalue weighted by Crippen LogP contribution is 2.20. The van der Waals surface area contributed by atoms with Gasteiger partial charge >= 0.3 is 0 Å². The van der Waals surface area contributed by atoms with Crippen LogP contribution in [0.1, 0.15) is 45.0 Å². The summed E-state index contributed by atoms with van der Waals surface area (Å²) < 4.78 is 1.79. The van der Waals surface area contributed by atoms with Gasteiger partial charge < -0.3 is 11.1 Å². The molecule has 1 aromatic heterocycles. The number of carbonyl (C=O) groups excluding carboxylic acids is 1. The summed E-state index contributed by atoms with van der Waals surface area (Å²) in [6.45, 7) is 9.79. The molecule has 3 N–H and O–H groups in total. The van der Waals surface area contributed by atoms with Crippen LogP contribution in [0.5, 0.6) is 0 Å². The Labute approximate surface area is 121 Å². The van der Waals surface area contributed by atoms with E-state index in [1.165, 1.54) is 0 Å². The first-order chi connectivity index (χ1) is 8.14. The van der Waals surface area contributed by atoms with Crippen LogP contribution in [0.2, 0.25) is 0 Å². The zero-order valence-corrected chi connectivity index (χ0v) is 13.3. The highest BCUT2D eigenvalue weighted by Gasteiger charge is 2.28. The van der Waals surface area contributed by atoms with Crippen molar-refractivity contribution in [1.82, 2.24) is 15.1 Å². The summed E-state index contributed by atoms with van der Waals surface area (Å²) in [6.07, 6.45) is 1.78. The molecule has 0 aromatic carbocycles. The maximum atomic E-state index is 12.0. The average molecular weight is 289 g/mol. The van der Waals surface area contributed by atoms with E-state index < -0.39 is 6.04 Å². The molecule has 0 aliphatic carbocycles. The Morgan fingerprint density at radius 2 is 2.00 bits per heavy atom. The number of carbonyl (C=O) groups is 1. The van der Waals surface area contributed by atoms with Gasteiger partial charge in [0.15, 0.2) is 0 Å². The van der Waals surface area contributed by atoms with Crippen LogP contribution in [-0.2, 0) is 11.8 Å². The predicted octanol–water partition coefficient (Wildman–Crippen LogP) is 1.70. The van der Waals surface area contributed by atoms with Gasteiger partial charge in [-0.2, -0.15) is 5.10 Å². The fourth-order valence-electron chi connectivity index (χ4n) is 1.71. The van der Waals surface area contributed by atoms with Gasteiger partial charge in [-0.15, -0.1) is 12.4 Å². The summed E-state index contributed by atoms with van der Waals surface area (Å²) in [5.74, 6) is -0.127. The molecule has 1 amide bonds. The van der Waals surface area contributed by atoms with Crippen molar-refractivity contribution in [1.29, 1.82) is 0 Å². The van der Waals surface area contributed by atoms with Crippen molar-refractivity contribution >= 4 is 18.3 Å². The van der Waals surface area contributed by atoms with E-state index in [-0.39, 0.29) is 29.8 Å². The molecule has 0 saturated heterocycles. The molecule has 19 heavy (non-hydrogen) atoms. The molecule has 0 saturated carbocycles. The van der Waals surface area contributed by atoms with E-state index in [2.05, 4.69) is 10.4 Å². The topological polar surface area (TPSA) is 72.9 Å². The van der Waals surface area contributed by atoms with Crippen LogP contribution >= 0.6 is 12.4 Å². The smallest absolute Gasteiger partial charge is 0.237 e. The number of halogens is 1. The van der Waals surface area contributed by atoms with Gasteiger partial charge in [-0.25, -0.2) is 0 Å². The molecule has 6 heteroatoms. The highest BCUT2D eigenvalue weighted by atomic mass is 35.5. The van der Waals surface area contributed by atoms with Crippen molar-refractivity contribution in [3.63, 3.8) is 0 Å². The maximum Gasteiger partial charge on any atom is 0.237 e. The van der Waals surface area contributed by atoms with E-state index in [0.29, 0.717) is 0 Å². The van der Waals surface area contributed by atoms with Crippen molar-refractivity contribution < 1.29 is 4.79 Å². The fraction of sp³-hybridized carbons (Fsp3) is 0.692. The SMILES string of the molecule is Cc1c(C(C)NC(=O)[C@@H](N)C(C)(C)C)cnn1C.Cl. The summed E-state index contributed by atoms with van der Waals surface area (Å²) in [5, 5.41) is 7.11. The van der Waals surface area contributed by atoms with Gasteiger partial charge in [-0.05, 0) is 19.3 Å². The highest BCUT2D eigenvalue weighted by molar-refractivity contribution is 5.85. The van der Waals surface area contributed by atoms with Crippen molar-refractivity contribution in [2.24, 2.45) is 18.2 Å². The summed E-state index contributed by atoms with van der Waals surface area (Å²) in [4.78, 5) is 12.0. The molecule has 5 nitrogen and oxygen atoms in total. The lowest BCUT2D eigenvalue weighted by Gasteiger charge is -2.27. The summed E-state index contributed by atoms with van der Waals surface area (Å²) in [5.41, 5.74) is 7.76. The molecule has 1 unspecified atom stereocenters. The van der Waals surface area contributed by atoms with Crippen LogP contribution < -0.4 is 11.1 Å². The second-order valence-electron chi connectivity index (χ2n) is 5.88. The van der Waals surface area contributed by atoms with E-state index in [4.69, 9.17) is 5.73 Å². The number of aryl methyl sites for hydroxylation is 1. The standard InChI is InChI=1S/C13H24N4O.ClH/c1-8(10-7-15-17(6)9(10)2)16-12(18)11(14)13(3,4)5;/h7-8,11H,14H2,1-6H3,(H,16,18);1H/t8?,11-;/m1./s1. The molecule has 1 rings (SSSR count). The molecule has 110 valence electrons. The Hall–Kier alpha value is -1.07. The van der Waals surface area contributed by atoms with E-state index in [1.54, 1.807) is 10.9 Å². The van der Waals surface area contributed by atoms with Crippen molar-refractivity contribution in [2.75, 3.05) is 0 Å². The van der Waals surface area contributed by atoms with Gasteiger partial charge in [0.25, 0.3) is 0 Å². The molecule has 1 aromatic rings. The summed E-state index contributed by atoms with van der Waals surface area (Å²) in [6, 6.07) is -0.600. The number of nitrogens with two attached hydrogens (primary N) is 1. The third-order valence-corrected chi connectivity index (χ3v) is 3.31. The monoisotopic (exact) mass is 288 g/mol. The number of hydrogen-bond donors (Lipinski definition) is 2. The van der Waals surface area contributed by atoms with Crippen LogP contribution in [0, 0.1) is 12.3 Å². The van der Waals surface area contributed by atoms with Gasteiger partial charge in [0.2, 0.25) is 5.91 Å². The molecule has 0 radical (unpaired) electrons. The number of aromatic nitrogens is 2. The first-order valence-corrected chi connectivity index (χ1v) is 6.19. The Bertz CT molecular complexity index is 436. The maximum absolute atomic E-state index is 12.0. The first kappa shape index (κ1) is 17.9. The molecule has 0 aliphatic heterocycles. The second kappa shape index (κ2) is 6.39. The van der Waals surface area contributed by atoms with Crippen LogP contribution in [0.3, 0.4) is 0 Å². The molecule has 0 bridgehead atoms.